The van der Waals surface area contributed by atoms with Gasteiger partial charge in [0.25, 0.3) is 10.0 Å². The average Bonchev–Trinajstić information content (AvgIpc) is 3.05. The van der Waals surface area contributed by atoms with Crippen LogP contribution in [0.15, 0.2) is 23.2 Å². The lowest BCUT2D eigenvalue weighted by Crippen LogP contribution is -2.16. The van der Waals surface area contributed by atoms with Crippen molar-refractivity contribution in [3.8, 4) is 11.8 Å². The summed E-state index contributed by atoms with van der Waals surface area (Å²) in [6, 6.07) is 2.93. The van der Waals surface area contributed by atoms with Gasteiger partial charge in [-0.2, -0.15) is 9.97 Å². The number of aromatic nitrogens is 4. The number of hydrogen-bond acceptors (Lipinski definition) is 7. The van der Waals surface area contributed by atoms with Crippen molar-refractivity contribution in [2.24, 2.45) is 0 Å². The maximum atomic E-state index is 12.8. The van der Waals surface area contributed by atoms with Gasteiger partial charge in [-0.05, 0) is 12.1 Å². The number of nitrogens with one attached hydrogen (secondary N) is 2. The largest absolute Gasteiger partial charge is 0.481 e. The van der Waals surface area contributed by atoms with Crippen molar-refractivity contribution < 1.29 is 26.7 Å². The maximum Gasteiger partial charge on any atom is 0.266 e. The first-order valence-corrected chi connectivity index (χ1v) is 9.54. The Balaban J connectivity index is 2.01. The van der Waals surface area contributed by atoms with E-state index in [2.05, 4.69) is 24.7 Å². The first-order chi connectivity index (χ1) is 13.2. The standard InChI is InChI=1S/C15H14ClF2N5O4S/c1-26-13-8(5-11(17)18)14(27-2)22-15(21-13)23-28(24,25)9-6-19-12-7(9)3-4-10(16)20-12/h3-4,6,11H,5H2,1-2H3,(H,19,20)(H,21,22,23). The third kappa shape index (κ3) is 3.92. The number of rotatable bonds is 7. The molecule has 0 aromatic carbocycles. The van der Waals surface area contributed by atoms with Crippen LogP contribution in [-0.2, 0) is 16.4 Å². The number of ether oxygens (including phenoxy) is 2. The van der Waals surface area contributed by atoms with Gasteiger partial charge in [0.05, 0.1) is 19.8 Å². The lowest BCUT2D eigenvalue weighted by Gasteiger charge is -2.13. The predicted molar refractivity (Wildman–Crippen MR) is 96.8 cm³/mol. The number of sulfonamides is 1. The summed E-state index contributed by atoms with van der Waals surface area (Å²) >= 11 is 5.79. The van der Waals surface area contributed by atoms with E-state index in [1.165, 1.54) is 32.5 Å². The van der Waals surface area contributed by atoms with Crippen LogP contribution >= 0.6 is 11.6 Å². The zero-order valence-corrected chi connectivity index (χ0v) is 16.1. The highest BCUT2D eigenvalue weighted by Gasteiger charge is 2.24. The summed E-state index contributed by atoms with van der Waals surface area (Å²) < 4.78 is 63.2. The molecule has 0 spiro atoms. The van der Waals surface area contributed by atoms with Crippen LogP contribution in [0.5, 0.6) is 11.8 Å². The van der Waals surface area contributed by atoms with Crippen molar-refractivity contribution in [2.45, 2.75) is 17.7 Å². The van der Waals surface area contributed by atoms with Gasteiger partial charge in [-0.25, -0.2) is 26.9 Å². The van der Waals surface area contributed by atoms with Crippen molar-refractivity contribution in [3.05, 3.63) is 29.0 Å². The van der Waals surface area contributed by atoms with Crippen LogP contribution < -0.4 is 14.2 Å². The summed E-state index contributed by atoms with van der Waals surface area (Å²) in [6.07, 6.45) is -2.18. The van der Waals surface area contributed by atoms with Gasteiger partial charge in [0, 0.05) is 18.0 Å². The molecule has 0 radical (unpaired) electrons. The highest BCUT2D eigenvalue weighted by Crippen LogP contribution is 2.30. The van der Waals surface area contributed by atoms with Crippen LogP contribution in [-0.4, -0.2) is 49.0 Å². The Morgan fingerprint density at radius 2 is 1.82 bits per heavy atom. The number of methoxy groups -OCH3 is 2. The third-order valence-electron chi connectivity index (χ3n) is 3.66. The van der Waals surface area contributed by atoms with Crippen LogP contribution in [0.3, 0.4) is 0 Å². The van der Waals surface area contributed by atoms with Crippen molar-refractivity contribution in [3.63, 3.8) is 0 Å². The second kappa shape index (κ2) is 7.72. The molecular formula is C15H14ClF2N5O4S. The molecule has 3 aromatic heterocycles. The van der Waals surface area contributed by atoms with E-state index in [9.17, 15) is 17.2 Å². The molecule has 0 bridgehead atoms. The number of pyridine rings is 1. The quantitative estimate of drug-likeness (QED) is 0.549. The first kappa shape index (κ1) is 20.0. The second-order valence-electron chi connectivity index (χ2n) is 5.43. The van der Waals surface area contributed by atoms with Crippen LogP contribution in [0.4, 0.5) is 14.7 Å². The van der Waals surface area contributed by atoms with Crippen LogP contribution in [0.25, 0.3) is 11.0 Å². The van der Waals surface area contributed by atoms with E-state index in [4.69, 9.17) is 21.1 Å². The summed E-state index contributed by atoms with van der Waals surface area (Å²) in [5.74, 6) is -0.850. The molecule has 0 aliphatic rings. The number of nitrogens with zero attached hydrogens (tertiary/aromatic N) is 3. The molecule has 3 aromatic rings. The van der Waals surface area contributed by atoms with Gasteiger partial charge in [0.1, 0.15) is 15.7 Å². The fourth-order valence-electron chi connectivity index (χ4n) is 2.51. The molecule has 0 atom stereocenters. The van der Waals surface area contributed by atoms with Crippen LogP contribution in [0, 0.1) is 0 Å². The number of fused-ring (bicyclic) bond motifs is 1. The maximum absolute atomic E-state index is 12.8. The van der Waals surface area contributed by atoms with Crippen LogP contribution in [0.1, 0.15) is 5.56 Å². The Bertz CT molecular complexity index is 1100. The van der Waals surface area contributed by atoms with E-state index < -0.39 is 28.8 Å². The molecular weight excluding hydrogens is 420 g/mol. The molecule has 0 amide bonds. The number of halogens is 3. The lowest BCUT2D eigenvalue weighted by molar-refractivity contribution is 0.146. The molecule has 0 aliphatic carbocycles. The summed E-state index contributed by atoms with van der Waals surface area (Å²) in [6.45, 7) is 0. The zero-order valence-electron chi connectivity index (χ0n) is 14.5. The van der Waals surface area contributed by atoms with Crippen molar-refractivity contribution in [2.75, 3.05) is 18.9 Å². The number of alkyl halides is 2. The van der Waals surface area contributed by atoms with Gasteiger partial charge in [0.15, 0.2) is 0 Å². The fraction of sp³-hybridized carbons (Fsp3) is 0.267. The summed E-state index contributed by atoms with van der Waals surface area (Å²) in [5, 5.41) is 0.490. The third-order valence-corrected chi connectivity index (χ3v) is 5.24. The summed E-state index contributed by atoms with van der Waals surface area (Å²) in [4.78, 5) is 14.3. The minimum Gasteiger partial charge on any atom is -0.481 e. The lowest BCUT2D eigenvalue weighted by atomic mass is 10.2. The van der Waals surface area contributed by atoms with Gasteiger partial charge < -0.3 is 14.5 Å². The molecule has 0 saturated heterocycles. The Hall–Kier alpha value is -2.73. The van der Waals surface area contributed by atoms with E-state index in [-0.39, 0.29) is 33.0 Å². The van der Waals surface area contributed by atoms with E-state index >= 15 is 0 Å². The second-order valence-corrected chi connectivity index (χ2v) is 7.47. The van der Waals surface area contributed by atoms with Gasteiger partial charge in [-0.1, -0.05) is 11.6 Å². The van der Waals surface area contributed by atoms with Gasteiger partial charge in [-0.3, -0.25) is 0 Å². The molecule has 13 heteroatoms. The van der Waals surface area contributed by atoms with Gasteiger partial charge in [0.2, 0.25) is 24.1 Å². The molecule has 0 saturated carbocycles. The number of anilines is 1. The van der Waals surface area contributed by atoms with Crippen molar-refractivity contribution >= 4 is 38.6 Å². The number of H-pyrrole nitrogens is 1. The average molecular weight is 434 g/mol. The molecule has 9 nitrogen and oxygen atoms in total. The Morgan fingerprint density at radius 1 is 1.18 bits per heavy atom. The van der Waals surface area contributed by atoms with E-state index in [0.29, 0.717) is 5.39 Å². The van der Waals surface area contributed by atoms with Crippen molar-refractivity contribution in [1.29, 1.82) is 0 Å². The Labute approximate surface area is 163 Å². The Kier molecular flexibility index (Phi) is 5.52. The molecule has 3 heterocycles. The zero-order chi connectivity index (χ0) is 20.5. The molecule has 0 unspecified atom stereocenters. The predicted octanol–water partition coefficient (Wildman–Crippen LogP) is 2.63. The van der Waals surface area contributed by atoms with Gasteiger partial charge >= 0.3 is 0 Å². The van der Waals surface area contributed by atoms with Crippen molar-refractivity contribution in [1.82, 2.24) is 19.9 Å². The SMILES string of the molecule is COc1nc(NS(=O)(=O)c2c[nH]c3nc(Cl)ccc23)nc(OC)c1CC(F)F. The van der Waals surface area contributed by atoms with E-state index in [1.54, 1.807) is 0 Å². The molecule has 150 valence electrons. The highest BCUT2D eigenvalue weighted by molar-refractivity contribution is 7.93. The monoisotopic (exact) mass is 433 g/mol. The molecule has 0 fully saturated rings. The summed E-state index contributed by atoms with van der Waals surface area (Å²) in [7, 11) is -1.72. The van der Waals surface area contributed by atoms with Crippen LogP contribution in [0.2, 0.25) is 5.15 Å². The van der Waals surface area contributed by atoms with E-state index in [0.717, 1.165) is 0 Å². The molecule has 0 aliphatic heterocycles. The summed E-state index contributed by atoms with van der Waals surface area (Å²) in [5.41, 5.74) is 0.199. The van der Waals surface area contributed by atoms with E-state index in [1.807, 2.05) is 0 Å². The topological polar surface area (TPSA) is 119 Å². The number of hydrogen-bond donors (Lipinski definition) is 2. The first-order valence-electron chi connectivity index (χ1n) is 7.68. The number of aromatic amines is 1. The minimum absolute atomic E-state index is 0.0751. The molecule has 2 N–H and O–H groups in total. The highest BCUT2D eigenvalue weighted by atomic mass is 35.5. The fourth-order valence-corrected chi connectivity index (χ4v) is 3.77. The Morgan fingerprint density at radius 3 is 2.39 bits per heavy atom. The minimum atomic E-state index is -4.14. The molecule has 28 heavy (non-hydrogen) atoms. The molecule has 3 rings (SSSR count). The normalized spacial score (nSPS) is 11.8. The smallest absolute Gasteiger partial charge is 0.266 e. The van der Waals surface area contributed by atoms with Gasteiger partial charge in [-0.15, -0.1) is 0 Å².